The molecule has 1 aromatic carbocycles. The van der Waals surface area contributed by atoms with Gasteiger partial charge in [-0.15, -0.1) is 11.3 Å². The molecule has 0 aliphatic carbocycles. The van der Waals surface area contributed by atoms with Crippen LogP contribution in [-0.4, -0.2) is 31.1 Å². The topological polar surface area (TPSA) is 84.5 Å². The standard InChI is InChI=1S/C14H14N2O4S/c1-8(12(17)16-14(19)15-2)20-13(18)11-7-9-5-3-4-6-10(9)21-11/h3-8H,1-2H3,(H2,15,16,17,19)/t8-/m1/s1. The van der Waals surface area contributed by atoms with Gasteiger partial charge in [-0.25, -0.2) is 9.59 Å². The maximum atomic E-state index is 12.0. The van der Waals surface area contributed by atoms with Gasteiger partial charge in [-0.3, -0.25) is 10.1 Å². The van der Waals surface area contributed by atoms with Crippen LogP contribution in [-0.2, 0) is 9.53 Å². The van der Waals surface area contributed by atoms with Gasteiger partial charge in [0.2, 0.25) is 0 Å². The summed E-state index contributed by atoms with van der Waals surface area (Å²) in [5.41, 5.74) is 0. The number of urea groups is 1. The molecule has 110 valence electrons. The van der Waals surface area contributed by atoms with E-state index in [1.807, 2.05) is 29.6 Å². The van der Waals surface area contributed by atoms with Crippen LogP contribution in [0.4, 0.5) is 4.79 Å². The van der Waals surface area contributed by atoms with Crippen molar-refractivity contribution in [3.8, 4) is 0 Å². The number of carbonyl (C=O) groups is 3. The SMILES string of the molecule is CNC(=O)NC(=O)[C@@H](C)OC(=O)c1cc2ccccc2s1. The second-order valence-corrected chi connectivity index (χ2v) is 5.35. The minimum absolute atomic E-state index is 0.413. The Morgan fingerprint density at radius 1 is 1.24 bits per heavy atom. The molecule has 0 bridgehead atoms. The predicted octanol–water partition coefficient (Wildman–Crippen LogP) is 1.90. The zero-order valence-corrected chi connectivity index (χ0v) is 12.3. The zero-order chi connectivity index (χ0) is 15.4. The minimum Gasteiger partial charge on any atom is -0.448 e. The molecular weight excluding hydrogens is 292 g/mol. The van der Waals surface area contributed by atoms with Crippen molar-refractivity contribution in [3.05, 3.63) is 35.2 Å². The van der Waals surface area contributed by atoms with Gasteiger partial charge in [-0.1, -0.05) is 18.2 Å². The largest absolute Gasteiger partial charge is 0.448 e. The third-order valence-electron chi connectivity index (χ3n) is 2.74. The van der Waals surface area contributed by atoms with Gasteiger partial charge in [0.15, 0.2) is 6.10 Å². The summed E-state index contributed by atoms with van der Waals surface area (Å²) in [5, 5.41) is 5.24. The summed E-state index contributed by atoms with van der Waals surface area (Å²) in [4.78, 5) is 35.0. The summed E-state index contributed by atoms with van der Waals surface area (Å²) in [6.07, 6.45) is -1.06. The highest BCUT2D eigenvalue weighted by atomic mass is 32.1. The number of imide groups is 1. The fraction of sp³-hybridized carbons (Fsp3) is 0.214. The predicted molar refractivity (Wildman–Crippen MR) is 79.3 cm³/mol. The molecule has 2 N–H and O–H groups in total. The van der Waals surface area contributed by atoms with E-state index in [9.17, 15) is 14.4 Å². The first-order chi connectivity index (χ1) is 10.0. The first-order valence-electron chi connectivity index (χ1n) is 6.23. The molecule has 0 fully saturated rings. The van der Waals surface area contributed by atoms with Gasteiger partial charge in [0.05, 0.1) is 0 Å². The van der Waals surface area contributed by atoms with Crippen molar-refractivity contribution in [3.63, 3.8) is 0 Å². The lowest BCUT2D eigenvalue weighted by molar-refractivity contribution is -0.127. The van der Waals surface area contributed by atoms with E-state index in [4.69, 9.17) is 4.74 Å². The number of hydrogen-bond acceptors (Lipinski definition) is 5. The molecule has 1 atom stereocenters. The van der Waals surface area contributed by atoms with E-state index in [1.165, 1.54) is 25.3 Å². The van der Waals surface area contributed by atoms with Crippen LogP contribution < -0.4 is 10.6 Å². The first-order valence-corrected chi connectivity index (χ1v) is 7.05. The maximum absolute atomic E-state index is 12.0. The number of ether oxygens (including phenoxy) is 1. The summed E-state index contributed by atoms with van der Waals surface area (Å²) < 4.78 is 6.02. The summed E-state index contributed by atoms with van der Waals surface area (Å²) in [5.74, 6) is -1.26. The first kappa shape index (κ1) is 15.0. The van der Waals surface area contributed by atoms with Crippen LogP contribution in [0.2, 0.25) is 0 Å². The molecule has 0 saturated heterocycles. The van der Waals surface area contributed by atoms with Gasteiger partial charge in [-0.2, -0.15) is 0 Å². The average molecular weight is 306 g/mol. The lowest BCUT2D eigenvalue weighted by Crippen LogP contribution is -2.43. The number of hydrogen-bond donors (Lipinski definition) is 2. The average Bonchev–Trinajstić information content (AvgIpc) is 2.90. The highest BCUT2D eigenvalue weighted by molar-refractivity contribution is 7.20. The quantitative estimate of drug-likeness (QED) is 0.848. The summed E-state index contributed by atoms with van der Waals surface area (Å²) in [6, 6.07) is 8.62. The van der Waals surface area contributed by atoms with Crippen molar-refractivity contribution >= 4 is 39.3 Å². The molecule has 0 spiro atoms. The van der Waals surface area contributed by atoms with Gasteiger partial charge in [-0.05, 0) is 24.4 Å². The van der Waals surface area contributed by atoms with Gasteiger partial charge < -0.3 is 10.1 Å². The number of carbonyl (C=O) groups excluding carboxylic acids is 3. The molecule has 0 saturated carbocycles. The van der Waals surface area contributed by atoms with Crippen molar-refractivity contribution in [2.45, 2.75) is 13.0 Å². The molecule has 7 heteroatoms. The van der Waals surface area contributed by atoms with Crippen molar-refractivity contribution in [2.75, 3.05) is 7.05 Å². The van der Waals surface area contributed by atoms with E-state index in [0.717, 1.165) is 10.1 Å². The minimum atomic E-state index is -1.06. The zero-order valence-electron chi connectivity index (χ0n) is 11.5. The fourth-order valence-electron chi connectivity index (χ4n) is 1.63. The molecular formula is C14H14N2O4S. The Balaban J connectivity index is 2.03. The Kier molecular flexibility index (Phi) is 4.54. The third kappa shape index (κ3) is 3.57. The Morgan fingerprint density at radius 2 is 1.95 bits per heavy atom. The second kappa shape index (κ2) is 6.36. The van der Waals surface area contributed by atoms with Crippen molar-refractivity contribution in [2.24, 2.45) is 0 Å². The summed E-state index contributed by atoms with van der Waals surface area (Å²) in [6.45, 7) is 1.41. The van der Waals surface area contributed by atoms with Gasteiger partial charge in [0.25, 0.3) is 5.91 Å². The number of thiophene rings is 1. The molecule has 2 rings (SSSR count). The number of amides is 3. The monoisotopic (exact) mass is 306 g/mol. The lowest BCUT2D eigenvalue weighted by Gasteiger charge is -2.11. The molecule has 0 unspecified atom stereocenters. The van der Waals surface area contributed by atoms with Crippen LogP contribution in [0.15, 0.2) is 30.3 Å². The molecule has 0 aliphatic rings. The normalized spacial score (nSPS) is 11.7. The summed E-state index contributed by atoms with van der Waals surface area (Å²) >= 11 is 1.29. The van der Waals surface area contributed by atoms with E-state index in [0.29, 0.717) is 4.88 Å². The smallest absolute Gasteiger partial charge is 0.349 e. The Morgan fingerprint density at radius 3 is 2.62 bits per heavy atom. The van der Waals surface area contributed by atoms with E-state index >= 15 is 0 Å². The fourth-order valence-corrected chi connectivity index (χ4v) is 2.58. The van der Waals surface area contributed by atoms with E-state index in [2.05, 4.69) is 5.32 Å². The van der Waals surface area contributed by atoms with E-state index in [-0.39, 0.29) is 0 Å². The molecule has 1 aromatic heterocycles. The molecule has 0 radical (unpaired) electrons. The molecule has 1 heterocycles. The number of esters is 1. The second-order valence-electron chi connectivity index (χ2n) is 4.26. The van der Waals surface area contributed by atoms with E-state index < -0.39 is 24.0 Å². The molecule has 21 heavy (non-hydrogen) atoms. The van der Waals surface area contributed by atoms with Gasteiger partial charge in [0.1, 0.15) is 4.88 Å². The van der Waals surface area contributed by atoms with Gasteiger partial charge >= 0.3 is 12.0 Å². The van der Waals surface area contributed by atoms with Crippen LogP contribution in [0.3, 0.4) is 0 Å². The maximum Gasteiger partial charge on any atom is 0.349 e. The number of nitrogens with one attached hydrogen (secondary N) is 2. The van der Waals surface area contributed by atoms with Crippen LogP contribution in [0.25, 0.3) is 10.1 Å². The van der Waals surface area contributed by atoms with Gasteiger partial charge in [0, 0.05) is 11.7 Å². The number of benzene rings is 1. The van der Waals surface area contributed by atoms with Crippen molar-refractivity contribution in [1.82, 2.24) is 10.6 Å². The third-order valence-corrected chi connectivity index (χ3v) is 3.84. The van der Waals surface area contributed by atoms with Crippen molar-refractivity contribution in [1.29, 1.82) is 0 Å². The van der Waals surface area contributed by atoms with Crippen LogP contribution in [0.5, 0.6) is 0 Å². The number of rotatable bonds is 3. The molecule has 6 nitrogen and oxygen atoms in total. The van der Waals surface area contributed by atoms with Crippen LogP contribution in [0, 0.1) is 0 Å². The lowest BCUT2D eigenvalue weighted by atomic mass is 10.2. The number of fused-ring (bicyclic) bond motifs is 1. The molecule has 3 amide bonds. The summed E-state index contributed by atoms with van der Waals surface area (Å²) in [7, 11) is 1.39. The highest BCUT2D eigenvalue weighted by Gasteiger charge is 2.21. The van der Waals surface area contributed by atoms with Crippen LogP contribution in [0.1, 0.15) is 16.6 Å². The molecule has 2 aromatic rings. The Hall–Kier alpha value is -2.41. The van der Waals surface area contributed by atoms with E-state index in [1.54, 1.807) is 6.07 Å². The van der Waals surface area contributed by atoms with Crippen molar-refractivity contribution < 1.29 is 19.1 Å². The Bertz CT molecular complexity index is 662. The highest BCUT2D eigenvalue weighted by Crippen LogP contribution is 2.25. The Labute approximate surface area is 125 Å². The molecule has 0 aliphatic heterocycles. The van der Waals surface area contributed by atoms with Crippen LogP contribution >= 0.6 is 11.3 Å².